The highest BCUT2D eigenvalue weighted by Crippen LogP contribution is 2.64. The van der Waals surface area contributed by atoms with Gasteiger partial charge in [0.2, 0.25) is 0 Å². The summed E-state index contributed by atoms with van der Waals surface area (Å²) in [6.07, 6.45) is -8.49. The third kappa shape index (κ3) is 7.64. The number of carbonyl (C=O) groups is 3. The Morgan fingerprint density at radius 2 is 0.894 bits per heavy atom. The van der Waals surface area contributed by atoms with E-state index >= 15 is 0 Å². The predicted octanol–water partition coefficient (Wildman–Crippen LogP) is 3.24. The number of nitrogens with zero attached hydrogens (tertiary/aromatic N) is 2. The summed E-state index contributed by atoms with van der Waals surface area (Å²) in [5, 5.41) is 8.64. The molecule has 0 atom stereocenters. The number of piperazine rings is 1. The van der Waals surface area contributed by atoms with Crippen LogP contribution >= 0.6 is 0 Å². The molecule has 0 spiro atoms. The monoisotopic (exact) mass is 758 g/mol. The summed E-state index contributed by atoms with van der Waals surface area (Å²) < 4.78 is 248. The number of primary amides is 1. The van der Waals surface area contributed by atoms with Crippen LogP contribution in [0.2, 0.25) is 0 Å². The van der Waals surface area contributed by atoms with Crippen molar-refractivity contribution < 1.29 is 108 Å². The van der Waals surface area contributed by atoms with Gasteiger partial charge >= 0.3 is 64.9 Å². The summed E-state index contributed by atoms with van der Waals surface area (Å²) in [4.78, 5) is 31.2. The van der Waals surface area contributed by atoms with Gasteiger partial charge in [0.15, 0.2) is 0 Å². The Morgan fingerprint density at radius 3 is 1.17 bits per heavy atom. The number of aliphatic carboxylic acids is 2. The standard InChI is InChI=1S/C13H10F17N3O3S.C5H9NO4/c14-6(15,8(18,19)10(22,23)12(26,27)28)7(16,17)9(20,21)11(24,25)13(29,30)37(35,36)33-3-1-32(2-4-33)5(31)34;6-3(1-4(7)8)2-5(9)10/h1-4H2,(H2,31,34);3H,1-2,6H2,(H,7,8)(H,9,10). The summed E-state index contributed by atoms with van der Waals surface area (Å²) in [5.74, 6) is -54.0. The molecule has 0 saturated carbocycles. The minimum Gasteiger partial charge on any atom is -0.481 e. The molecule has 0 aromatic heterocycles. The maximum atomic E-state index is 14.1. The van der Waals surface area contributed by atoms with E-state index in [2.05, 4.69) is 0 Å². The molecule has 1 aliphatic heterocycles. The second-order valence-corrected chi connectivity index (χ2v) is 11.1. The molecule has 0 aromatic carbocycles. The maximum Gasteiger partial charge on any atom is 0.460 e. The fourth-order valence-corrected chi connectivity index (χ4v) is 4.56. The van der Waals surface area contributed by atoms with Crippen molar-refractivity contribution in [1.82, 2.24) is 9.21 Å². The summed E-state index contributed by atoms with van der Waals surface area (Å²) in [5.41, 5.74) is 9.84. The van der Waals surface area contributed by atoms with Gasteiger partial charge in [-0.2, -0.15) is 78.9 Å². The summed E-state index contributed by atoms with van der Waals surface area (Å²) in [6.45, 7) is -4.94. The second kappa shape index (κ2) is 13.4. The van der Waals surface area contributed by atoms with Crippen molar-refractivity contribution in [1.29, 1.82) is 0 Å². The van der Waals surface area contributed by atoms with Gasteiger partial charge in [-0.25, -0.2) is 13.2 Å². The average molecular weight is 758 g/mol. The lowest BCUT2D eigenvalue weighted by Gasteiger charge is -2.43. The number of urea groups is 1. The van der Waals surface area contributed by atoms with E-state index in [-0.39, 0.29) is 12.8 Å². The highest BCUT2D eigenvalue weighted by Gasteiger charge is 2.96. The van der Waals surface area contributed by atoms with Crippen LogP contribution in [0.3, 0.4) is 0 Å². The summed E-state index contributed by atoms with van der Waals surface area (Å²) in [6, 6.07) is -2.13. The third-order valence-electron chi connectivity index (χ3n) is 5.78. The first-order valence-electron chi connectivity index (χ1n) is 11.4. The number of amides is 2. The number of hydrogen-bond donors (Lipinski definition) is 4. The lowest BCUT2D eigenvalue weighted by molar-refractivity contribution is -0.458. The molecule has 0 radical (unpaired) electrons. The van der Waals surface area contributed by atoms with Gasteiger partial charge in [-0.15, -0.1) is 0 Å². The van der Waals surface area contributed by atoms with Crippen LogP contribution in [0.5, 0.6) is 0 Å². The van der Waals surface area contributed by atoms with E-state index in [4.69, 9.17) is 21.7 Å². The van der Waals surface area contributed by atoms with Crippen LogP contribution in [0.25, 0.3) is 0 Å². The van der Waals surface area contributed by atoms with Crippen molar-refractivity contribution in [3.63, 3.8) is 0 Å². The molecule has 6 N–H and O–H groups in total. The molecule has 2 amide bonds. The van der Waals surface area contributed by atoms with Crippen LogP contribution in [0.15, 0.2) is 0 Å². The van der Waals surface area contributed by atoms with Gasteiger partial charge in [-0.3, -0.25) is 9.59 Å². The number of halogens is 17. The lowest BCUT2D eigenvalue weighted by atomic mass is 9.91. The van der Waals surface area contributed by atoms with Gasteiger partial charge in [-0.05, 0) is 0 Å². The molecule has 0 aromatic rings. The van der Waals surface area contributed by atoms with Gasteiger partial charge in [-0.1, -0.05) is 0 Å². The Morgan fingerprint density at radius 1 is 0.596 bits per heavy atom. The fourth-order valence-electron chi connectivity index (χ4n) is 3.14. The Balaban J connectivity index is 0.00000181. The molecule has 1 aliphatic rings. The zero-order chi connectivity index (χ0) is 38.2. The highest BCUT2D eigenvalue weighted by atomic mass is 32.2. The summed E-state index contributed by atoms with van der Waals surface area (Å²) in [7, 11) is -7.35. The number of sulfonamides is 1. The largest absolute Gasteiger partial charge is 0.481 e. The zero-order valence-corrected chi connectivity index (χ0v) is 23.0. The van der Waals surface area contributed by atoms with Crippen LogP contribution in [0.4, 0.5) is 79.4 Å². The number of carbonyl (C=O) groups excluding carboxylic acids is 1. The lowest BCUT2D eigenvalue weighted by Crippen LogP contribution is -2.75. The van der Waals surface area contributed by atoms with Crippen LogP contribution in [-0.2, 0) is 19.6 Å². The van der Waals surface area contributed by atoms with Crippen molar-refractivity contribution in [2.45, 2.75) is 65.8 Å². The molecule has 1 heterocycles. The van der Waals surface area contributed by atoms with E-state index in [9.17, 15) is 97.4 Å². The molecule has 11 nitrogen and oxygen atoms in total. The van der Waals surface area contributed by atoms with Gasteiger partial charge in [0.25, 0.3) is 10.0 Å². The third-order valence-corrected chi connectivity index (χ3v) is 7.73. The molecule has 1 fully saturated rings. The predicted molar refractivity (Wildman–Crippen MR) is 115 cm³/mol. The van der Waals surface area contributed by atoms with Crippen LogP contribution in [-0.4, -0.2) is 125 Å². The van der Waals surface area contributed by atoms with Crippen molar-refractivity contribution in [3.8, 4) is 0 Å². The number of alkyl halides is 17. The van der Waals surface area contributed by atoms with E-state index in [1.807, 2.05) is 0 Å². The molecule has 278 valence electrons. The quantitative estimate of drug-likeness (QED) is 0.219. The Bertz CT molecular complexity index is 1250. The fraction of sp³-hybridized carbons (Fsp3) is 0.833. The number of carboxylic acids is 2. The molecule has 1 rings (SSSR count). The molecule has 0 aliphatic carbocycles. The molecular weight excluding hydrogens is 739 g/mol. The van der Waals surface area contributed by atoms with Gasteiger partial charge in [0.05, 0.1) is 12.8 Å². The first kappa shape index (κ1) is 43.9. The molecule has 47 heavy (non-hydrogen) atoms. The van der Waals surface area contributed by atoms with E-state index in [0.29, 0.717) is 4.90 Å². The van der Waals surface area contributed by atoms with Crippen LogP contribution < -0.4 is 11.5 Å². The molecule has 1 saturated heterocycles. The van der Waals surface area contributed by atoms with Gasteiger partial charge in [0.1, 0.15) is 0 Å². The van der Waals surface area contributed by atoms with E-state index in [1.54, 1.807) is 0 Å². The number of carboxylic acid groups (broad SMARTS) is 2. The Hall–Kier alpha value is -3.11. The van der Waals surface area contributed by atoms with Crippen molar-refractivity contribution >= 4 is 28.0 Å². The maximum absolute atomic E-state index is 14.1. The van der Waals surface area contributed by atoms with E-state index in [0.717, 1.165) is 0 Å². The van der Waals surface area contributed by atoms with Crippen LogP contribution in [0, 0.1) is 0 Å². The molecule has 29 heteroatoms. The number of hydrogen-bond acceptors (Lipinski definition) is 6. The van der Waals surface area contributed by atoms with Crippen LogP contribution in [0.1, 0.15) is 12.8 Å². The SMILES string of the molecule is NC(=O)N1CCN(S(=O)(=O)C(F)(F)C(F)(F)C(F)(F)C(F)(F)C(F)(F)C(F)(F)C(F)(F)C(F)(F)F)CC1.NC(CC(=O)O)CC(=O)O. The number of rotatable bonds is 12. The van der Waals surface area contributed by atoms with Crippen molar-refractivity contribution in [2.24, 2.45) is 11.5 Å². The summed E-state index contributed by atoms with van der Waals surface area (Å²) >= 11 is 0. The Kier molecular flexibility index (Phi) is 12.5. The zero-order valence-electron chi connectivity index (χ0n) is 22.1. The minimum atomic E-state index is -8.88. The topological polar surface area (TPSA) is 184 Å². The normalized spacial score (nSPS) is 16.9. The molecule has 0 unspecified atom stereocenters. The van der Waals surface area contributed by atoms with Gasteiger partial charge < -0.3 is 26.6 Å². The first-order valence-corrected chi connectivity index (χ1v) is 12.8. The highest BCUT2D eigenvalue weighted by molar-refractivity contribution is 7.90. The molecular formula is C18H19F17N4O7S. The Labute approximate surface area is 249 Å². The second-order valence-electron chi connectivity index (χ2n) is 9.15. The first-order chi connectivity index (χ1) is 20.4. The average Bonchev–Trinajstić information content (AvgIpc) is 2.86. The smallest absolute Gasteiger partial charge is 0.460 e. The molecule has 0 bridgehead atoms. The van der Waals surface area contributed by atoms with Crippen molar-refractivity contribution in [3.05, 3.63) is 0 Å². The van der Waals surface area contributed by atoms with Crippen molar-refractivity contribution in [2.75, 3.05) is 26.2 Å². The van der Waals surface area contributed by atoms with E-state index < -0.39 is 111 Å². The van der Waals surface area contributed by atoms with E-state index in [1.165, 1.54) is 0 Å². The number of nitrogens with two attached hydrogens (primary N) is 2. The van der Waals surface area contributed by atoms with Gasteiger partial charge in [0, 0.05) is 32.2 Å². The minimum absolute atomic E-state index is 0.299.